The summed E-state index contributed by atoms with van der Waals surface area (Å²) in [6.45, 7) is 0. The lowest BCUT2D eigenvalue weighted by molar-refractivity contribution is 0.453. The predicted octanol–water partition coefficient (Wildman–Crippen LogP) is 2.97. The van der Waals surface area contributed by atoms with Crippen molar-refractivity contribution in [3.8, 4) is 34.9 Å². The van der Waals surface area contributed by atoms with E-state index in [1.54, 1.807) is 24.3 Å². The van der Waals surface area contributed by atoms with Gasteiger partial charge in [-0.25, -0.2) is 0 Å². The maximum atomic E-state index is 11.9. The molecule has 114 valence electrons. The molecule has 0 atom stereocenters. The molecule has 3 rings (SSSR count). The Morgan fingerprint density at radius 2 is 1.58 bits per heavy atom. The molecule has 0 fully saturated rings. The van der Waals surface area contributed by atoms with Crippen molar-refractivity contribution >= 4 is 0 Å². The summed E-state index contributed by atoms with van der Waals surface area (Å²) in [5.74, 6) is 0.124. The van der Waals surface area contributed by atoms with Crippen LogP contribution in [0.25, 0.3) is 11.1 Å². The van der Waals surface area contributed by atoms with E-state index in [4.69, 9.17) is 15.3 Å². The van der Waals surface area contributed by atoms with Crippen molar-refractivity contribution < 1.29 is 4.74 Å². The van der Waals surface area contributed by atoms with Crippen molar-refractivity contribution in [2.24, 2.45) is 0 Å². The number of nitriles is 2. The number of aromatic nitrogens is 2. The van der Waals surface area contributed by atoms with Crippen LogP contribution in [-0.2, 0) is 0 Å². The molecule has 24 heavy (non-hydrogen) atoms. The second kappa shape index (κ2) is 6.47. The third-order valence-corrected chi connectivity index (χ3v) is 3.28. The Kier molecular flexibility index (Phi) is 4.05. The first kappa shape index (κ1) is 15.0. The SMILES string of the molecule is N#Cc1nc(Oc2ccc(-c3ccccc3)cc2)c(=O)[nH]c1C#N. The fourth-order valence-corrected chi connectivity index (χ4v) is 2.12. The molecule has 0 amide bonds. The molecule has 0 radical (unpaired) electrons. The van der Waals surface area contributed by atoms with Gasteiger partial charge in [0.15, 0.2) is 11.4 Å². The summed E-state index contributed by atoms with van der Waals surface area (Å²) in [6.07, 6.45) is 0. The molecule has 6 heteroatoms. The van der Waals surface area contributed by atoms with E-state index in [1.165, 1.54) is 0 Å². The summed E-state index contributed by atoms with van der Waals surface area (Å²) in [7, 11) is 0. The molecular formula is C18H10N4O2. The van der Waals surface area contributed by atoms with Gasteiger partial charge < -0.3 is 9.72 Å². The van der Waals surface area contributed by atoms with Crippen LogP contribution in [-0.4, -0.2) is 9.97 Å². The van der Waals surface area contributed by atoms with E-state index in [0.29, 0.717) is 5.75 Å². The Balaban J connectivity index is 1.89. The molecule has 1 heterocycles. The predicted molar refractivity (Wildman–Crippen MR) is 86.2 cm³/mol. The molecule has 0 spiro atoms. The zero-order valence-corrected chi connectivity index (χ0v) is 12.4. The van der Waals surface area contributed by atoms with Crippen molar-refractivity contribution in [2.45, 2.75) is 0 Å². The van der Waals surface area contributed by atoms with Crippen LogP contribution >= 0.6 is 0 Å². The summed E-state index contributed by atoms with van der Waals surface area (Å²) in [5.41, 5.74) is 1.02. The van der Waals surface area contributed by atoms with Gasteiger partial charge in [0.2, 0.25) is 0 Å². The Labute approximate surface area is 137 Å². The lowest BCUT2D eigenvalue weighted by Crippen LogP contribution is -2.14. The van der Waals surface area contributed by atoms with Crippen LogP contribution in [0.15, 0.2) is 59.4 Å². The van der Waals surface area contributed by atoms with E-state index < -0.39 is 5.56 Å². The van der Waals surface area contributed by atoms with Gasteiger partial charge in [-0.1, -0.05) is 42.5 Å². The van der Waals surface area contributed by atoms with Crippen LogP contribution in [0, 0.1) is 22.7 Å². The van der Waals surface area contributed by atoms with Crippen LogP contribution in [0.1, 0.15) is 11.4 Å². The van der Waals surface area contributed by atoms with Crippen molar-refractivity contribution in [3.63, 3.8) is 0 Å². The monoisotopic (exact) mass is 314 g/mol. The van der Waals surface area contributed by atoms with Crippen LogP contribution in [0.4, 0.5) is 0 Å². The van der Waals surface area contributed by atoms with Gasteiger partial charge in [0.05, 0.1) is 0 Å². The first-order valence-electron chi connectivity index (χ1n) is 6.99. The highest BCUT2D eigenvalue weighted by Crippen LogP contribution is 2.24. The third-order valence-electron chi connectivity index (χ3n) is 3.28. The lowest BCUT2D eigenvalue weighted by Gasteiger charge is -2.06. The maximum Gasteiger partial charge on any atom is 0.312 e. The molecule has 0 aliphatic heterocycles. The van der Waals surface area contributed by atoms with Crippen LogP contribution in [0.2, 0.25) is 0 Å². The molecule has 0 saturated carbocycles. The second-order valence-electron chi connectivity index (χ2n) is 4.81. The maximum absolute atomic E-state index is 11.9. The van der Waals surface area contributed by atoms with E-state index in [0.717, 1.165) is 11.1 Å². The average Bonchev–Trinajstić information content (AvgIpc) is 2.64. The molecule has 3 aromatic rings. The third kappa shape index (κ3) is 2.99. The van der Waals surface area contributed by atoms with Gasteiger partial charge in [-0.05, 0) is 23.3 Å². The molecule has 0 aliphatic rings. The molecule has 0 saturated heterocycles. The van der Waals surface area contributed by atoms with Gasteiger partial charge in [0.25, 0.3) is 5.88 Å². The minimum Gasteiger partial charge on any atom is -0.435 e. The second-order valence-corrected chi connectivity index (χ2v) is 4.81. The van der Waals surface area contributed by atoms with Gasteiger partial charge in [-0.3, -0.25) is 4.79 Å². The smallest absolute Gasteiger partial charge is 0.312 e. The van der Waals surface area contributed by atoms with Gasteiger partial charge in [0.1, 0.15) is 17.9 Å². The highest BCUT2D eigenvalue weighted by molar-refractivity contribution is 5.64. The molecule has 6 nitrogen and oxygen atoms in total. The summed E-state index contributed by atoms with van der Waals surface area (Å²) in [5, 5.41) is 17.8. The molecule has 2 aromatic carbocycles. The first-order chi connectivity index (χ1) is 11.7. The average molecular weight is 314 g/mol. The van der Waals surface area contributed by atoms with E-state index in [1.807, 2.05) is 42.5 Å². The Morgan fingerprint density at radius 1 is 0.917 bits per heavy atom. The van der Waals surface area contributed by atoms with E-state index in [2.05, 4.69) is 9.97 Å². The number of nitrogens with zero attached hydrogens (tertiary/aromatic N) is 3. The summed E-state index contributed by atoms with van der Waals surface area (Å²) >= 11 is 0. The molecular weight excluding hydrogens is 304 g/mol. The van der Waals surface area contributed by atoms with Gasteiger partial charge >= 0.3 is 5.56 Å². The molecule has 0 unspecified atom stereocenters. The fraction of sp³-hybridized carbons (Fsp3) is 0. The van der Waals surface area contributed by atoms with Crippen molar-refractivity contribution in [3.05, 3.63) is 76.3 Å². The number of benzene rings is 2. The largest absolute Gasteiger partial charge is 0.435 e. The van der Waals surface area contributed by atoms with Gasteiger partial charge in [0, 0.05) is 0 Å². The highest BCUT2D eigenvalue weighted by atomic mass is 16.5. The van der Waals surface area contributed by atoms with Crippen LogP contribution < -0.4 is 10.3 Å². The molecule has 0 aliphatic carbocycles. The van der Waals surface area contributed by atoms with E-state index in [9.17, 15) is 4.79 Å². The standard InChI is InChI=1S/C18H10N4O2/c19-10-15-16(11-20)22-18(17(23)21-15)24-14-8-6-13(7-9-14)12-4-2-1-3-5-12/h1-9H,(H,21,23). The summed E-state index contributed by atoms with van der Waals surface area (Å²) < 4.78 is 5.43. The topological polar surface area (TPSA) is 103 Å². The fourth-order valence-electron chi connectivity index (χ4n) is 2.12. The van der Waals surface area contributed by atoms with Crippen LogP contribution in [0.3, 0.4) is 0 Å². The molecule has 0 bridgehead atoms. The number of nitrogens with one attached hydrogen (secondary N) is 1. The number of hydrogen-bond donors (Lipinski definition) is 1. The van der Waals surface area contributed by atoms with Crippen molar-refractivity contribution in [1.29, 1.82) is 10.5 Å². The normalized spacial score (nSPS) is 9.75. The summed E-state index contributed by atoms with van der Waals surface area (Å²) in [4.78, 5) is 17.9. The summed E-state index contributed by atoms with van der Waals surface area (Å²) in [6, 6.07) is 20.4. The van der Waals surface area contributed by atoms with Crippen molar-refractivity contribution in [1.82, 2.24) is 9.97 Å². The van der Waals surface area contributed by atoms with Gasteiger partial charge in [-0.15, -0.1) is 0 Å². The number of aromatic amines is 1. The number of hydrogen-bond acceptors (Lipinski definition) is 5. The van der Waals surface area contributed by atoms with Crippen LogP contribution in [0.5, 0.6) is 11.6 Å². The minimum atomic E-state index is -0.669. The number of ether oxygens (including phenoxy) is 1. The number of H-pyrrole nitrogens is 1. The Morgan fingerprint density at radius 3 is 2.21 bits per heavy atom. The van der Waals surface area contributed by atoms with E-state index >= 15 is 0 Å². The molecule has 1 aromatic heterocycles. The zero-order chi connectivity index (χ0) is 16.9. The lowest BCUT2D eigenvalue weighted by atomic mass is 10.1. The highest BCUT2D eigenvalue weighted by Gasteiger charge is 2.12. The van der Waals surface area contributed by atoms with Crippen molar-refractivity contribution in [2.75, 3.05) is 0 Å². The van der Waals surface area contributed by atoms with Gasteiger partial charge in [-0.2, -0.15) is 15.5 Å². The zero-order valence-electron chi connectivity index (χ0n) is 12.4. The Bertz CT molecular complexity index is 1010. The van der Waals surface area contributed by atoms with E-state index in [-0.39, 0.29) is 17.3 Å². The molecule has 1 N–H and O–H groups in total. The Hall–Kier alpha value is -3.90. The first-order valence-corrected chi connectivity index (χ1v) is 6.99. The minimum absolute atomic E-state index is 0.186. The number of rotatable bonds is 3. The quantitative estimate of drug-likeness (QED) is 0.800.